The number of carbonyl (C=O) groups excluding carboxylic acids is 2. The Morgan fingerprint density at radius 3 is 2.60 bits per heavy atom. The van der Waals surface area contributed by atoms with E-state index in [1.165, 1.54) is 23.7 Å². The lowest BCUT2D eigenvalue weighted by molar-refractivity contribution is -0.138. The number of nitrogens with zero attached hydrogens (tertiary/aromatic N) is 2. The Labute approximate surface area is 205 Å². The summed E-state index contributed by atoms with van der Waals surface area (Å²) in [6.45, 7) is 0.741. The molecule has 3 heterocycles. The monoisotopic (exact) mass is 469 g/mol. The molecule has 2 amide bonds. The van der Waals surface area contributed by atoms with Crippen molar-refractivity contribution in [2.45, 2.75) is 50.2 Å². The fourth-order valence-corrected chi connectivity index (χ4v) is 6.40. The second-order valence-electron chi connectivity index (χ2n) is 9.99. The predicted octanol–water partition coefficient (Wildman–Crippen LogP) is 4.45. The van der Waals surface area contributed by atoms with E-state index >= 15 is 0 Å². The van der Waals surface area contributed by atoms with Gasteiger partial charge in [0.1, 0.15) is 5.69 Å². The highest BCUT2D eigenvalue weighted by Crippen LogP contribution is 2.51. The van der Waals surface area contributed by atoms with E-state index in [9.17, 15) is 9.59 Å². The third-order valence-corrected chi connectivity index (χ3v) is 8.05. The molecule has 3 N–H and O–H groups in total. The van der Waals surface area contributed by atoms with Crippen LogP contribution in [0.3, 0.4) is 0 Å². The normalized spacial score (nSPS) is 27.4. The maximum Gasteiger partial charge on any atom is 0.269 e. The van der Waals surface area contributed by atoms with Crippen molar-refractivity contribution in [3.63, 3.8) is 0 Å². The van der Waals surface area contributed by atoms with Crippen molar-refractivity contribution in [2.24, 2.45) is 11.8 Å². The van der Waals surface area contributed by atoms with Crippen molar-refractivity contribution in [3.8, 4) is 0 Å². The van der Waals surface area contributed by atoms with Crippen LogP contribution < -0.4 is 10.6 Å². The summed E-state index contributed by atoms with van der Waals surface area (Å²) in [4.78, 5) is 35.8. The van der Waals surface area contributed by atoms with Crippen LogP contribution in [0.2, 0.25) is 0 Å². The van der Waals surface area contributed by atoms with Crippen molar-refractivity contribution < 1.29 is 9.59 Å². The summed E-state index contributed by atoms with van der Waals surface area (Å²) in [6.07, 6.45) is 7.64. The summed E-state index contributed by atoms with van der Waals surface area (Å²) in [6, 6.07) is 19.0. The Balaban J connectivity index is 1.29. The van der Waals surface area contributed by atoms with E-state index in [-0.39, 0.29) is 35.9 Å². The fraction of sp³-hybridized carbons (Fsp3) is 0.393. The summed E-state index contributed by atoms with van der Waals surface area (Å²) in [5, 5.41) is 6.90. The number of H-pyrrole nitrogens is 1. The zero-order chi connectivity index (χ0) is 23.8. The third-order valence-electron chi connectivity index (χ3n) is 8.05. The number of carbonyl (C=O) groups is 2. The van der Waals surface area contributed by atoms with E-state index in [1.807, 2.05) is 6.07 Å². The summed E-state index contributed by atoms with van der Waals surface area (Å²) in [5.74, 6) is 0.0861. The lowest BCUT2D eigenvalue weighted by Crippen LogP contribution is -2.50. The molecule has 3 aliphatic rings. The molecular formula is C28H31N5O2. The minimum absolute atomic E-state index is 0.0380. The van der Waals surface area contributed by atoms with Crippen LogP contribution in [0.15, 0.2) is 67.1 Å². The molecule has 6 rings (SSSR count). The molecule has 2 aliphatic heterocycles. The second-order valence-corrected chi connectivity index (χ2v) is 9.99. The van der Waals surface area contributed by atoms with Gasteiger partial charge in [-0.1, -0.05) is 61.4 Å². The van der Waals surface area contributed by atoms with Gasteiger partial charge in [-0.15, -0.1) is 0 Å². The molecule has 0 radical (unpaired) electrons. The predicted molar refractivity (Wildman–Crippen MR) is 134 cm³/mol. The van der Waals surface area contributed by atoms with Gasteiger partial charge in [-0.3, -0.25) is 9.59 Å². The molecule has 1 aliphatic carbocycles. The molecule has 7 heteroatoms. The Morgan fingerprint density at radius 1 is 0.971 bits per heavy atom. The van der Waals surface area contributed by atoms with Crippen molar-refractivity contribution in [3.05, 3.63) is 83.9 Å². The lowest BCUT2D eigenvalue weighted by Gasteiger charge is -2.42. The van der Waals surface area contributed by atoms with Crippen LogP contribution in [0, 0.1) is 11.8 Å². The molecule has 0 bridgehead atoms. The number of nitrogens with one attached hydrogen (secondary N) is 3. The average molecular weight is 470 g/mol. The number of hydrogen-bond acceptors (Lipinski definition) is 4. The van der Waals surface area contributed by atoms with E-state index in [0.29, 0.717) is 11.6 Å². The first-order valence-corrected chi connectivity index (χ1v) is 12.7. The quantitative estimate of drug-likeness (QED) is 0.526. The molecule has 2 fully saturated rings. The summed E-state index contributed by atoms with van der Waals surface area (Å²) >= 11 is 0. The van der Waals surface area contributed by atoms with Gasteiger partial charge in [-0.25, -0.2) is 4.98 Å². The van der Waals surface area contributed by atoms with Gasteiger partial charge in [-0.05, 0) is 36.5 Å². The van der Waals surface area contributed by atoms with Gasteiger partial charge in [0.15, 0.2) is 0 Å². The highest BCUT2D eigenvalue weighted by Gasteiger charge is 2.48. The third kappa shape index (κ3) is 3.99. The van der Waals surface area contributed by atoms with Crippen molar-refractivity contribution >= 4 is 17.5 Å². The largest absolute Gasteiger partial charge is 0.378 e. The molecule has 0 spiro atoms. The van der Waals surface area contributed by atoms with Crippen LogP contribution in [-0.4, -0.2) is 39.3 Å². The molecule has 180 valence electrons. The Kier molecular flexibility index (Phi) is 5.76. The zero-order valence-corrected chi connectivity index (χ0v) is 19.7. The molecule has 0 unspecified atom stereocenters. The van der Waals surface area contributed by atoms with Crippen molar-refractivity contribution in [2.75, 3.05) is 11.9 Å². The number of anilines is 1. The van der Waals surface area contributed by atoms with Crippen LogP contribution in [-0.2, 0) is 4.79 Å². The first kappa shape index (κ1) is 21.9. The Morgan fingerprint density at radius 2 is 1.77 bits per heavy atom. The van der Waals surface area contributed by atoms with Gasteiger partial charge in [-0.2, -0.15) is 0 Å². The van der Waals surface area contributed by atoms with Gasteiger partial charge in [0.05, 0.1) is 30.5 Å². The van der Waals surface area contributed by atoms with Crippen LogP contribution in [0.25, 0.3) is 0 Å². The Bertz CT molecular complexity index is 1200. The van der Waals surface area contributed by atoms with Crippen LogP contribution in [0.5, 0.6) is 0 Å². The van der Waals surface area contributed by atoms with E-state index in [4.69, 9.17) is 0 Å². The average Bonchev–Trinajstić information content (AvgIpc) is 3.60. The highest BCUT2D eigenvalue weighted by atomic mass is 16.2. The van der Waals surface area contributed by atoms with Crippen molar-refractivity contribution in [1.82, 2.24) is 20.2 Å². The number of aromatic amines is 1. The smallest absolute Gasteiger partial charge is 0.269 e. The highest BCUT2D eigenvalue weighted by molar-refractivity contribution is 5.93. The SMILES string of the molecule is O=C(N[C@@H]1CCCC[C@@H]1C(=O)N1CC[C@H]2[C@H](c3ccccc3)Nc3ccccc3[C@@H]21)c1cnc[nH]1. The van der Waals surface area contributed by atoms with E-state index in [1.54, 1.807) is 0 Å². The Hall–Kier alpha value is -3.61. The first-order valence-electron chi connectivity index (χ1n) is 12.7. The molecule has 7 nitrogen and oxygen atoms in total. The maximum absolute atomic E-state index is 14.1. The lowest BCUT2D eigenvalue weighted by atomic mass is 9.79. The molecular weight excluding hydrogens is 438 g/mol. The first-order chi connectivity index (χ1) is 17.2. The van der Waals surface area contributed by atoms with Crippen LogP contribution in [0.1, 0.15) is 65.8 Å². The number of fused-ring (bicyclic) bond motifs is 3. The molecule has 1 saturated heterocycles. The minimum Gasteiger partial charge on any atom is -0.378 e. The summed E-state index contributed by atoms with van der Waals surface area (Å²) < 4.78 is 0. The number of rotatable bonds is 4. The standard InChI is InChI=1S/C28H31N5O2/c34-27(24-16-29-17-30-24)32-23-13-7-5-11-20(23)28(35)33-15-14-21-25(18-8-2-1-3-9-18)31-22-12-6-4-10-19(22)26(21)33/h1-4,6,8-10,12,16-17,20-21,23,25-26,31H,5,7,11,13-15H2,(H,29,30)(H,32,34)/t20-,21-,23+,25-,26-/m0/s1. The van der Waals surface area contributed by atoms with Gasteiger partial charge in [0.25, 0.3) is 5.91 Å². The van der Waals surface area contributed by atoms with Gasteiger partial charge < -0.3 is 20.5 Å². The zero-order valence-electron chi connectivity index (χ0n) is 19.7. The number of benzene rings is 2. The van der Waals surface area contributed by atoms with Gasteiger partial charge >= 0.3 is 0 Å². The minimum atomic E-state index is -0.202. The summed E-state index contributed by atoms with van der Waals surface area (Å²) in [5.41, 5.74) is 3.99. The molecule has 1 aromatic heterocycles. The van der Waals surface area contributed by atoms with E-state index < -0.39 is 0 Å². The van der Waals surface area contributed by atoms with E-state index in [2.05, 4.69) is 74.0 Å². The number of hydrogen-bond donors (Lipinski definition) is 3. The number of para-hydroxylation sites is 1. The van der Waals surface area contributed by atoms with Crippen molar-refractivity contribution in [1.29, 1.82) is 0 Å². The topological polar surface area (TPSA) is 90.1 Å². The maximum atomic E-state index is 14.1. The number of imidazole rings is 1. The van der Waals surface area contributed by atoms with Crippen LogP contribution >= 0.6 is 0 Å². The van der Waals surface area contributed by atoms with Crippen LogP contribution in [0.4, 0.5) is 5.69 Å². The number of likely N-dealkylation sites (tertiary alicyclic amines) is 1. The molecule has 3 aromatic rings. The fourth-order valence-electron chi connectivity index (χ4n) is 6.40. The summed E-state index contributed by atoms with van der Waals surface area (Å²) in [7, 11) is 0. The number of amides is 2. The van der Waals surface area contributed by atoms with Gasteiger partial charge in [0, 0.05) is 24.2 Å². The second kappa shape index (κ2) is 9.21. The number of aromatic nitrogens is 2. The molecule has 2 aromatic carbocycles. The molecule has 1 saturated carbocycles. The van der Waals surface area contributed by atoms with E-state index in [0.717, 1.165) is 44.3 Å². The van der Waals surface area contributed by atoms with Gasteiger partial charge in [0.2, 0.25) is 5.91 Å². The molecule has 35 heavy (non-hydrogen) atoms. The molecule has 5 atom stereocenters.